The minimum absolute atomic E-state index is 0.0646. The van der Waals surface area contributed by atoms with Gasteiger partial charge in [-0.2, -0.15) is 10.2 Å². The van der Waals surface area contributed by atoms with Gasteiger partial charge >= 0.3 is 6.09 Å². The topological polar surface area (TPSA) is 101 Å². The van der Waals surface area contributed by atoms with E-state index in [2.05, 4.69) is 25.3 Å². The standard InChI is InChI=1S/C23H15F2N7O2/c24-15-3-1-2-14(8-15)19-11-34-23(33)32(19)20-6-7-31-22(29-20)17(10-28-31)13-4-5-16(18(25)9-13)21-26-12-27-30-21/h1-10,12,19H,11H2,(H,26,27,30)/t19-/m1/s1. The predicted molar refractivity (Wildman–Crippen MR) is 117 cm³/mol. The van der Waals surface area contributed by atoms with Gasteiger partial charge in [-0.1, -0.05) is 18.2 Å². The number of hydrogen-bond acceptors (Lipinski definition) is 6. The van der Waals surface area contributed by atoms with Gasteiger partial charge in [0.05, 0.1) is 11.8 Å². The molecule has 168 valence electrons. The summed E-state index contributed by atoms with van der Waals surface area (Å²) in [5, 5.41) is 10.8. The number of halogens is 2. The monoisotopic (exact) mass is 459 g/mol. The van der Waals surface area contributed by atoms with Crippen molar-refractivity contribution >= 4 is 17.6 Å². The van der Waals surface area contributed by atoms with E-state index in [1.165, 1.54) is 33.9 Å². The SMILES string of the molecule is O=C1OC[C@H](c2cccc(F)c2)N1c1ccn2ncc(-c3ccc(-c4nc[nH]n4)c(F)c3)c2n1. The fourth-order valence-electron chi connectivity index (χ4n) is 4.03. The Bertz CT molecular complexity index is 1530. The first-order valence-electron chi connectivity index (χ1n) is 10.3. The first kappa shape index (κ1) is 20.0. The van der Waals surface area contributed by atoms with Crippen molar-refractivity contribution in [2.45, 2.75) is 6.04 Å². The van der Waals surface area contributed by atoms with Crippen LogP contribution in [-0.2, 0) is 4.74 Å². The van der Waals surface area contributed by atoms with Crippen LogP contribution in [-0.4, -0.2) is 42.5 Å². The van der Waals surface area contributed by atoms with Crippen LogP contribution >= 0.6 is 0 Å². The molecule has 1 fully saturated rings. The molecule has 1 saturated heterocycles. The van der Waals surface area contributed by atoms with Gasteiger partial charge in [0, 0.05) is 11.8 Å². The van der Waals surface area contributed by atoms with Crippen molar-refractivity contribution in [3.05, 3.63) is 84.4 Å². The van der Waals surface area contributed by atoms with Crippen molar-refractivity contribution < 1.29 is 18.3 Å². The average molecular weight is 459 g/mol. The molecular formula is C23H15F2N7O2. The van der Waals surface area contributed by atoms with Gasteiger partial charge < -0.3 is 4.74 Å². The fraction of sp³-hybridized carbons (Fsp3) is 0.0870. The summed E-state index contributed by atoms with van der Waals surface area (Å²) in [6.07, 6.45) is 4.00. The lowest BCUT2D eigenvalue weighted by atomic mass is 10.1. The second-order valence-corrected chi connectivity index (χ2v) is 7.65. The van der Waals surface area contributed by atoms with Crippen LogP contribution < -0.4 is 4.90 Å². The van der Waals surface area contributed by atoms with E-state index >= 15 is 0 Å². The molecule has 11 heteroatoms. The van der Waals surface area contributed by atoms with Gasteiger partial charge in [0.15, 0.2) is 11.5 Å². The first-order valence-corrected chi connectivity index (χ1v) is 10.3. The molecule has 6 rings (SSSR count). The van der Waals surface area contributed by atoms with E-state index in [0.717, 1.165) is 0 Å². The van der Waals surface area contributed by atoms with Gasteiger partial charge in [-0.15, -0.1) is 0 Å². The molecule has 0 unspecified atom stereocenters. The summed E-state index contributed by atoms with van der Waals surface area (Å²) < 4.78 is 35.4. The molecule has 1 amide bonds. The highest BCUT2D eigenvalue weighted by atomic mass is 19.1. The average Bonchev–Trinajstić information content (AvgIpc) is 3.58. The smallest absolute Gasteiger partial charge is 0.416 e. The zero-order valence-electron chi connectivity index (χ0n) is 17.4. The number of nitrogens with one attached hydrogen (secondary N) is 1. The van der Waals surface area contributed by atoms with Gasteiger partial charge in [0.25, 0.3) is 0 Å². The maximum Gasteiger partial charge on any atom is 0.416 e. The van der Waals surface area contributed by atoms with E-state index in [-0.39, 0.29) is 18.0 Å². The lowest BCUT2D eigenvalue weighted by Gasteiger charge is -2.21. The van der Waals surface area contributed by atoms with Gasteiger partial charge in [-0.25, -0.2) is 28.1 Å². The number of aromatic amines is 1. The first-order chi connectivity index (χ1) is 16.6. The molecule has 0 saturated carbocycles. The Balaban J connectivity index is 1.41. The normalized spacial score (nSPS) is 15.8. The molecule has 1 atom stereocenters. The molecule has 1 aliphatic rings. The molecule has 1 N–H and O–H groups in total. The Labute approximate surface area is 190 Å². The van der Waals surface area contributed by atoms with Gasteiger partial charge in [-0.3, -0.25) is 10.00 Å². The molecule has 0 aliphatic carbocycles. The number of benzene rings is 2. The van der Waals surface area contributed by atoms with Gasteiger partial charge in [0.1, 0.15) is 36.4 Å². The molecule has 3 aromatic heterocycles. The maximum absolute atomic E-state index is 14.8. The number of rotatable bonds is 4. The second-order valence-electron chi connectivity index (χ2n) is 7.65. The summed E-state index contributed by atoms with van der Waals surface area (Å²) in [7, 11) is 0. The van der Waals surface area contributed by atoms with Gasteiger partial charge in [0.2, 0.25) is 0 Å². The number of amides is 1. The van der Waals surface area contributed by atoms with E-state index in [4.69, 9.17) is 4.74 Å². The van der Waals surface area contributed by atoms with Crippen LogP contribution in [0.25, 0.3) is 28.2 Å². The van der Waals surface area contributed by atoms with Crippen LogP contribution in [0.5, 0.6) is 0 Å². The number of fused-ring (bicyclic) bond motifs is 1. The van der Waals surface area contributed by atoms with E-state index in [0.29, 0.717) is 28.2 Å². The number of hydrogen-bond donors (Lipinski definition) is 1. The largest absolute Gasteiger partial charge is 0.447 e. The van der Waals surface area contributed by atoms with Crippen LogP contribution in [0.4, 0.5) is 19.4 Å². The molecule has 4 heterocycles. The molecule has 0 bridgehead atoms. The number of ether oxygens (including phenoxy) is 1. The van der Waals surface area contributed by atoms with E-state index in [1.54, 1.807) is 42.7 Å². The molecule has 9 nitrogen and oxygen atoms in total. The number of nitrogens with zero attached hydrogens (tertiary/aromatic N) is 6. The van der Waals surface area contributed by atoms with E-state index in [1.807, 2.05) is 0 Å². The molecule has 34 heavy (non-hydrogen) atoms. The molecule has 1 aliphatic heterocycles. The summed E-state index contributed by atoms with van der Waals surface area (Å²) in [6.45, 7) is 0.0646. The molecular weight excluding hydrogens is 444 g/mol. The molecule has 5 aromatic rings. The third kappa shape index (κ3) is 3.25. The van der Waals surface area contributed by atoms with E-state index in [9.17, 15) is 13.6 Å². The van der Waals surface area contributed by atoms with Gasteiger partial charge in [-0.05, 0) is 41.5 Å². The molecule has 2 aromatic carbocycles. The van der Waals surface area contributed by atoms with Crippen molar-refractivity contribution in [1.29, 1.82) is 0 Å². The Hall–Kier alpha value is -4.67. The Morgan fingerprint density at radius 2 is 2.00 bits per heavy atom. The lowest BCUT2D eigenvalue weighted by molar-refractivity contribution is 0.179. The third-order valence-electron chi connectivity index (χ3n) is 5.64. The summed E-state index contributed by atoms with van der Waals surface area (Å²) in [6, 6.07) is 11.7. The zero-order valence-corrected chi connectivity index (χ0v) is 17.4. The Morgan fingerprint density at radius 1 is 1.09 bits per heavy atom. The predicted octanol–water partition coefficient (Wildman–Crippen LogP) is 4.16. The number of H-pyrrole nitrogens is 1. The van der Waals surface area contributed by atoms with Crippen LogP contribution in [0.2, 0.25) is 0 Å². The highest BCUT2D eigenvalue weighted by Gasteiger charge is 2.36. The van der Waals surface area contributed by atoms with Crippen LogP contribution in [0.3, 0.4) is 0 Å². The summed E-state index contributed by atoms with van der Waals surface area (Å²) in [4.78, 5) is 22.5. The summed E-state index contributed by atoms with van der Waals surface area (Å²) in [5.74, 6) is -0.347. The highest BCUT2D eigenvalue weighted by molar-refractivity contribution is 5.90. The van der Waals surface area contributed by atoms with Crippen LogP contribution in [0.15, 0.2) is 67.3 Å². The quantitative estimate of drug-likeness (QED) is 0.433. The van der Waals surface area contributed by atoms with Crippen molar-refractivity contribution in [2.75, 3.05) is 11.5 Å². The summed E-state index contributed by atoms with van der Waals surface area (Å²) in [5.41, 5.74) is 2.37. The number of anilines is 1. The highest BCUT2D eigenvalue weighted by Crippen LogP contribution is 2.34. The third-order valence-corrected chi connectivity index (χ3v) is 5.64. The number of carbonyl (C=O) groups is 1. The lowest BCUT2D eigenvalue weighted by Crippen LogP contribution is -2.28. The number of cyclic esters (lactones) is 1. The number of aromatic nitrogens is 6. The number of carbonyl (C=O) groups excluding carboxylic acids is 1. The maximum atomic E-state index is 14.8. The fourth-order valence-corrected chi connectivity index (χ4v) is 4.03. The van der Waals surface area contributed by atoms with Crippen LogP contribution in [0.1, 0.15) is 11.6 Å². The molecule has 0 radical (unpaired) electrons. The zero-order chi connectivity index (χ0) is 23.2. The minimum Gasteiger partial charge on any atom is -0.447 e. The van der Waals surface area contributed by atoms with Crippen molar-refractivity contribution in [2.24, 2.45) is 0 Å². The van der Waals surface area contributed by atoms with Crippen molar-refractivity contribution in [3.63, 3.8) is 0 Å². The Kier molecular flexibility index (Phi) is 4.54. The van der Waals surface area contributed by atoms with Crippen molar-refractivity contribution in [3.8, 4) is 22.5 Å². The molecule has 0 spiro atoms. The Morgan fingerprint density at radius 3 is 2.79 bits per heavy atom. The minimum atomic E-state index is -0.589. The summed E-state index contributed by atoms with van der Waals surface area (Å²) >= 11 is 0. The van der Waals surface area contributed by atoms with E-state index < -0.39 is 23.8 Å². The second kappa shape index (κ2) is 7.73. The van der Waals surface area contributed by atoms with Crippen LogP contribution in [0, 0.1) is 11.6 Å². The van der Waals surface area contributed by atoms with Crippen molar-refractivity contribution in [1.82, 2.24) is 29.8 Å².